The predicted octanol–water partition coefficient (Wildman–Crippen LogP) is 4.53. The summed E-state index contributed by atoms with van der Waals surface area (Å²) in [5.74, 6) is -1.06. The zero-order chi connectivity index (χ0) is 19.6. The average molecular weight is 388 g/mol. The molecule has 1 fully saturated rings. The third kappa shape index (κ3) is 4.67. The summed E-state index contributed by atoms with van der Waals surface area (Å²) in [7, 11) is 0. The van der Waals surface area contributed by atoms with Crippen LogP contribution in [0, 0.1) is 0 Å². The summed E-state index contributed by atoms with van der Waals surface area (Å²) in [5, 5.41) is 12.8. The lowest BCUT2D eigenvalue weighted by molar-refractivity contribution is -0.126. The minimum atomic E-state index is -0.967. The van der Waals surface area contributed by atoms with E-state index in [1.807, 2.05) is 31.2 Å². The number of hydrogen-bond acceptors (Lipinski definition) is 3. The number of ether oxygens (including phenoxy) is 1. The highest BCUT2D eigenvalue weighted by Crippen LogP contribution is 2.44. The minimum Gasteiger partial charge on any atom is -0.478 e. The van der Waals surface area contributed by atoms with Crippen molar-refractivity contribution in [3.05, 3.63) is 70.2 Å². The molecule has 1 saturated heterocycles. The van der Waals surface area contributed by atoms with Crippen molar-refractivity contribution in [2.75, 3.05) is 0 Å². The van der Waals surface area contributed by atoms with E-state index in [2.05, 4.69) is 5.32 Å². The van der Waals surface area contributed by atoms with Crippen molar-refractivity contribution in [2.24, 2.45) is 0 Å². The smallest absolute Gasteiger partial charge is 0.335 e. The standard InChI is InChI=1S/C21H22ClNO4/c1-13(24)23-21(2)11-18(14-6-8-15(9-7-14)20(25)26)27-19(12-21)16-4-3-5-17(22)10-16/h3-10,18-19H,11-12H2,1-2H3,(H,23,24)(H,25,26)/t18-,19+,21-/m1/s1. The summed E-state index contributed by atoms with van der Waals surface area (Å²) in [5.41, 5.74) is 1.60. The van der Waals surface area contributed by atoms with E-state index in [1.165, 1.54) is 6.92 Å². The lowest BCUT2D eigenvalue weighted by Gasteiger charge is -2.43. The van der Waals surface area contributed by atoms with Gasteiger partial charge in [-0.15, -0.1) is 0 Å². The molecule has 1 aliphatic rings. The molecule has 27 heavy (non-hydrogen) atoms. The van der Waals surface area contributed by atoms with Gasteiger partial charge in [-0.2, -0.15) is 0 Å². The van der Waals surface area contributed by atoms with Crippen molar-refractivity contribution in [3.8, 4) is 0 Å². The Balaban J connectivity index is 1.92. The molecule has 0 aromatic heterocycles. The minimum absolute atomic E-state index is 0.0933. The van der Waals surface area contributed by atoms with Crippen LogP contribution in [0.25, 0.3) is 0 Å². The summed E-state index contributed by atoms with van der Waals surface area (Å²) >= 11 is 6.14. The Morgan fingerprint density at radius 1 is 1.11 bits per heavy atom. The fraction of sp³-hybridized carbons (Fsp3) is 0.333. The summed E-state index contributed by atoms with van der Waals surface area (Å²) in [6.07, 6.45) is 0.702. The van der Waals surface area contributed by atoms with E-state index in [4.69, 9.17) is 21.4 Å². The van der Waals surface area contributed by atoms with Gasteiger partial charge >= 0.3 is 5.97 Å². The summed E-state index contributed by atoms with van der Waals surface area (Å²) in [6.45, 7) is 3.51. The van der Waals surface area contributed by atoms with Crippen molar-refractivity contribution in [1.29, 1.82) is 0 Å². The number of benzene rings is 2. The molecule has 0 radical (unpaired) electrons. The summed E-state index contributed by atoms with van der Waals surface area (Å²) in [4.78, 5) is 22.8. The van der Waals surface area contributed by atoms with Crippen LogP contribution in [-0.4, -0.2) is 22.5 Å². The zero-order valence-electron chi connectivity index (χ0n) is 15.2. The third-order valence-corrected chi connectivity index (χ3v) is 5.06. The molecule has 0 saturated carbocycles. The topological polar surface area (TPSA) is 75.6 Å². The maximum atomic E-state index is 11.7. The molecule has 2 aromatic carbocycles. The van der Waals surface area contributed by atoms with Gasteiger partial charge in [0.15, 0.2) is 0 Å². The van der Waals surface area contributed by atoms with Gasteiger partial charge in [0.25, 0.3) is 0 Å². The SMILES string of the molecule is CC(=O)N[C@@]1(C)C[C@@H](c2cccc(Cl)c2)O[C@@H](c2ccc(C(=O)O)cc2)C1. The number of carbonyl (C=O) groups excluding carboxylic acids is 1. The van der Waals surface area contributed by atoms with Crippen molar-refractivity contribution in [3.63, 3.8) is 0 Å². The van der Waals surface area contributed by atoms with E-state index >= 15 is 0 Å². The maximum absolute atomic E-state index is 11.7. The van der Waals surface area contributed by atoms with E-state index < -0.39 is 11.5 Å². The van der Waals surface area contributed by atoms with Gasteiger partial charge in [0.05, 0.1) is 17.8 Å². The maximum Gasteiger partial charge on any atom is 0.335 e. The Kier molecular flexibility index (Phi) is 5.53. The molecule has 0 unspecified atom stereocenters. The monoisotopic (exact) mass is 387 g/mol. The molecule has 1 aliphatic heterocycles. The van der Waals surface area contributed by atoms with Gasteiger partial charge in [0.1, 0.15) is 0 Å². The second-order valence-electron chi connectivity index (χ2n) is 7.25. The third-order valence-electron chi connectivity index (χ3n) is 4.83. The van der Waals surface area contributed by atoms with Gasteiger partial charge in [-0.3, -0.25) is 4.79 Å². The molecule has 0 spiro atoms. The van der Waals surface area contributed by atoms with Crippen LogP contribution in [0.5, 0.6) is 0 Å². The first-order valence-electron chi connectivity index (χ1n) is 8.79. The number of amides is 1. The molecular formula is C21H22ClNO4. The summed E-state index contributed by atoms with van der Waals surface area (Å²) in [6, 6.07) is 14.2. The Morgan fingerprint density at radius 3 is 2.30 bits per heavy atom. The number of carboxylic acid groups (broad SMARTS) is 1. The van der Waals surface area contributed by atoms with Crippen LogP contribution in [0.1, 0.15) is 60.4 Å². The van der Waals surface area contributed by atoms with Crippen molar-refractivity contribution >= 4 is 23.5 Å². The molecule has 1 heterocycles. The molecule has 5 nitrogen and oxygen atoms in total. The van der Waals surface area contributed by atoms with Crippen molar-refractivity contribution < 1.29 is 19.4 Å². The molecule has 142 valence electrons. The van der Waals surface area contributed by atoms with E-state index in [0.29, 0.717) is 17.9 Å². The van der Waals surface area contributed by atoms with Gasteiger partial charge in [-0.05, 0) is 42.3 Å². The van der Waals surface area contributed by atoms with Crippen LogP contribution >= 0.6 is 11.6 Å². The quantitative estimate of drug-likeness (QED) is 0.808. The van der Waals surface area contributed by atoms with Crippen LogP contribution in [0.3, 0.4) is 0 Å². The van der Waals surface area contributed by atoms with E-state index in [9.17, 15) is 9.59 Å². The number of rotatable bonds is 4. The van der Waals surface area contributed by atoms with E-state index in [0.717, 1.165) is 11.1 Å². The molecule has 1 amide bonds. The fourth-order valence-corrected chi connectivity index (χ4v) is 3.86. The molecule has 3 rings (SSSR count). The van der Waals surface area contributed by atoms with Crippen LogP contribution < -0.4 is 5.32 Å². The van der Waals surface area contributed by atoms with Crippen molar-refractivity contribution in [1.82, 2.24) is 5.32 Å². The highest BCUT2D eigenvalue weighted by atomic mass is 35.5. The first-order valence-corrected chi connectivity index (χ1v) is 9.16. The summed E-state index contributed by atoms with van der Waals surface area (Å²) < 4.78 is 6.33. The van der Waals surface area contributed by atoms with Gasteiger partial charge in [-0.25, -0.2) is 4.79 Å². The Morgan fingerprint density at radius 2 is 1.74 bits per heavy atom. The van der Waals surface area contributed by atoms with E-state index in [1.54, 1.807) is 24.3 Å². The van der Waals surface area contributed by atoms with Gasteiger partial charge < -0.3 is 15.2 Å². The lowest BCUT2D eigenvalue weighted by atomic mass is 9.81. The number of halogens is 1. The predicted molar refractivity (Wildman–Crippen MR) is 103 cm³/mol. The van der Waals surface area contributed by atoms with Crippen LogP contribution in [0.15, 0.2) is 48.5 Å². The second kappa shape index (κ2) is 7.71. The highest BCUT2D eigenvalue weighted by molar-refractivity contribution is 6.30. The Hall–Kier alpha value is -2.37. The Bertz CT molecular complexity index is 852. The second-order valence-corrected chi connectivity index (χ2v) is 7.68. The van der Waals surface area contributed by atoms with Crippen LogP contribution in [0.4, 0.5) is 0 Å². The molecule has 2 aromatic rings. The molecular weight excluding hydrogens is 366 g/mol. The van der Waals surface area contributed by atoms with Crippen LogP contribution in [0.2, 0.25) is 5.02 Å². The van der Waals surface area contributed by atoms with Crippen LogP contribution in [-0.2, 0) is 9.53 Å². The number of nitrogens with one attached hydrogen (secondary N) is 1. The lowest BCUT2D eigenvalue weighted by Crippen LogP contribution is -2.50. The van der Waals surface area contributed by atoms with E-state index in [-0.39, 0.29) is 23.7 Å². The van der Waals surface area contributed by atoms with Gasteiger partial charge in [-0.1, -0.05) is 35.9 Å². The molecule has 0 aliphatic carbocycles. The zero-order valence-corrected chi connectivity index (χ0v) is 16.0. The average Bonchev–Trinajstić information content (AvgIpc) is 2.60. The van der Waals surface area contributed by atoms with Gasteiger partial charge in [0.2, 0.25) is 5.91 Å². The first kappa shape index (κ1) is 19.4. The Labute approximate surface area is 163 Å². The number of carbonyl (C=O) groups is 2. The van der Waals surface area contributed by atoms with Gasteiger partial charge in [0, 0.05) is 30.3 Å². The van der Waals surface area contributed by atoms with Crippen molar-refractivity contribution in [2.45, 2.75) is 44.4 Å². The number of aromatic carboxylic acids is 1. The molecule has 0 bridgehead atoms. The molecule has 6 heteroatoms. The highest BCUT2D eigenvalue weighted by Gasteiger charge is 2.39. The molecule has 2 N–H and O–H groups in total. The first-order chi connectivity index (χ1) is 12.8. The normalized spacial score (nSPS) is 25.0. The number of carboxylic acids is 1. The fourth-order valence-electron chi connectivity index (χ4n) is 3.66. The molecule has 3 atom stereocenters. The number of hydrogen-bond donors (Lipinski definition) is 2. The largest absolute Gasteiger partial charge is 0.478 e.